The van der Waals surface area contributed by atoms with Crippen LogP contribution in [0.1, 0.15) is 40.2 Å². The molecule has 6 nitrogen and oxygen atoms in total. The summed E-state index contributed by atoms with van der Waals surface area (Å²) in [4.78, 5) is 16.3. The molecule has 2 aromatic rings. The third-order valence-electron chi connectivity index (χ3n) is 4.71. The highest BCUT2D eigenvalue weighted by Crippen LogP contribution is 2.36. The molecule has 1 aliphatic rings. The van der Waals surface area contributed by atoms with E-state index >= 15 is 0 Å². The SMILES string of the molecule is CCC1c2ccsc2CCN1C(=O)c1ccc(OC)c(S(=O)(=O)NC)c1. The first-order chi connectivity index (χ1) is 12.4. The number of hydrogen-bond acceptors (Lipinski definition) is 5. The summed E-state index contributed by atoms with van der Waals surface area (Å²) in [5.41, 5.74) is 1.55. The van der Waals surface area contributed by atoms with Crippen LogP contribution in [0.15, 0.2) is 34.5 Å². The average molecular weight is 395 g/mol. The maximum absolute atomic E-state index is 13.1. The Hall–Kier alpha value is -1.90. The summed E-state index contributed by atoms with van der Waals surface area (Å²) >= 11 is 1.73. The summed E-state index contributed by atoms with van der Waals surface area (Å²) in [6, 6.07) is 6.63. The van der Waals surface area contributed by atoms with Gasteiger partial charge in [-0.05, 0) is 55.1 Å². The molecule has 1 aromatic heterocycles. The number of nitrogens with zero attached hydrogens (tertiary/aromatic N) is 1. The van der Waals surface area contributed by atoms with E-state index in [4.69, 9.17) is 4.74 Å². The number of methoxy groups -OCH3 is 1. The third-order valence-corrected chi connectivity index (χ3v) is 7.14. The van der Waals surface area contributed by atoms with Crippen molar-refractivity contribution in [2.75, 3.05) is 20.7 Å². The number of ether oxygens (including phenoxy) is 1. The van der Waals surface area contributed by atoms with Gasteiger partial charge in [-0.25, -0.2) is 13.1 Å². The molecule has 3 rings (SSSR count). The van der Waals surface area contributed by atoms with Crippen LogP contribution in [0.4, 0.5) is 0 Å². The Morgan fingerprint density at radius 3 is 2.81 bits per heavy atom. The van der Waals surface area contributed by atoms with Gasteiger partial charge in [0.25, 0.3) is 5.91 Å². The summed E-state index contributed by atoms with van der Waals surface area (Å²) in [6.45, 7) is 2.69. The van der Waals surface area contributed by atoms with Gasteiger partial charge in [-0.1, -0.05) is 6.92 Å². The lowest BCUT2D eigenvalue weighted by Crippen LogP contribution is -2.39. The van der Waals surface area contributed by atoms with Crippen LogP contribution in [0, 0.1) is 0 Å². The van der Waals surface area contributed by atoms with Gasteiger partial charge in [0.05, 0.1) is 13.2 Å². The van der Waals surface area contributed by atoms with Crippen LogP contribution in [0.25, 0.3) is 0 Å². The summed E-state index contributed by atoms with van der Waals surface area (Å²) in [5, 5.41) is 2.06. The van der Waals surface area contributed by atoms with E-state index in [1.165, 1.54) is 36.7 Å². The average Bonchev–Trinajstić information content (AvgIpc) is 3.14. The Labute approximate surface area is 157 Å². The van der Waals surface area contributed by atoms with Crippen LogP contribution in [-0.2, 0) is 16.4 Å². The Kier molecular flexibility index (Phi) is 5.36. The molecular formula is C18H22N2O4S2. The van der Waals surface area contributed by atoms with Crippen molar-refractivity contribution in [3.63, 3.8) is 0 Å². The first-order valence-electron chi connectivity index (χ1n) is 8.41. The monoisotopic (exact) mass is 394 g/mol. The number of thiophene rings is 1. The fourth-order valence-corrected chi connectivity index (χ4v) is 5.22. The standard InChI is InChI=1S/C18H22N2O4S2/c1-4-14-13-8-10-25-16(13)7-9-20(14)18(21)12-5-6-15(24-3)17(11-12)26(22,23)19-2/h5-6,8,10-11,14,19H,4,7,9H2,1-3H3. The summed E-state index contributed by atoms with van der Waals surface area (Å²) in [7, 11) is -0.994. The zero-order valence-corrected chi connectivity index (χ0v) is 16.6. The fourth-order valence-electron chi connectivity index (χ4n) is 3.38. The highest BCUT2D eigenvalue weighted by atomic mass is 32.2. The highest BCUT2D eigenvalue weighted by Gasteiger charge is 2.31. The topological polar surface area (TPSA) is 75.7 Å². The van der Waals surface area contributed by atoms with Crippen molar-refractivity contribution in [3.8, 4) is 5.75 Å². The molecule has 0 spiro atoms. The van der Waals surface area contributed by atoms with Gasteiger partial charge in [0, 0.05) is 17.0 Å². The Balaban J connectivity index is 1.99. The summed E-state index contributed by atoms with van der Waals surface area (Å²) in [5.74, 6) is 0.0469. The predicted molar refractivity (Wildman–Crippen MR) is 101 cm³/mol. The molecule has 2 heterocycles. The van der Waals surface area contributed by atoms with Gasteiger partial charge in [-0.3, -0.25) is 4.79 Å². The lowest BCUT2D eigenvalue weighted by atomic mass is 9.97. The number of hydrogen-bond donors (Lipinski definition) is 1. The number of carbonyl (C=O) groups excluding carboxylic acids is 1. The second-order valence-electron chi connectivity index (χ2n) is 6.04. The molecule has 0 bridgehead atoms. The van der Waals surface area contributed by atoms with E-state index in [9.17, 15) is 13.2 Å². The molecule has 1 unspecified atom stereocenters. The first kappa shape index (κ1) is 18.9. The van der Waals surface area contributed by atoms with E-state index in [-0.39, 0.29) is 22.6 Å². The number of fused-ring (bicyclic) bond motifs is 1. The Bertz CT molecular complexity index is 921. The number of sulfonamides is 1. The maximum atomic E-state index is 13.1. The van der Waals surface area contributed by atoms with Gasteiger partial charge in [-0.15, -0.1) is 11.3 Å². The van der Waals surface area contributed by atoms with Crippen LogP contribution in [0.2, 0.25) is 0 Å². The van der Waals surface area contributed by atoms with Gasteiger partial charge in [0.1, 0.15) is 10.6 Å². The fraction of sp³-hybridized carbons (Fsp3) is 0.389. The molecule has 1 atom stereocenters. The molecule has 1 amide bonds. The first-order valence-corrected chi connectivity index (χ1v) is 10.8. The van der Waals surface area contributed by atoms with Crippen molar-refractivity contribution in [2.24, 2.45) is 0 Å². The third kappa shape index (κ3) is 3.24. The minimum Gasteiger partial charge on any atom is -0.495 e. The molecule has 0 saturated carbocycles. The van der Waals surface area contributed by atoms with Crippen molar-refractivity contribution < 1.29 is 17.9 Å². The zero-order valence-electron chi connectivity index (χ0n) is 15.0. The smallest absolute Gasteiger partial charge is 0.254 e. The summed E-state index contributed by atoms with van der Waals surface area (Å²) in [6.07, 6.45) is 1.64. The molecule has 0 aliphatic carbocycles. The second kappa shape index (κ2) is 7.38. The Morgan fingerprint density at radius 1 is 1.38 bits per heavy atom. The number of nitrogens with one attached hydrogen (secondary N) is 1. The largest absolute Gasteiger partial charge is 0.495 e. The van der Waals surface area contributed by atoms with E-state index in [0.29, 0.717) is 12.1 Å². The molecule has 26 heavy (non-hydrogen) atoms. The maximum Gasteiger partial charge on any atom is 0.254 e. The Morgan fingerprint density at radius 2 is 2.15 bits per heavy atom. The number of rotatable bonds is 5. The molecule has 0 fully saturated rings. The zero-order chi connectivity index (χ0) is 18.9. The minimum absolute atomic E-state index is 0.0176. The van der Waals surface area contributed by atoms with Crippen molar-refractivity contribution in [2.45, 2.75) is 30.7 Å². The van der Waals surface area contributed by atoms with E-state index < -0.39 is 10.0 Å². The van der Waals surface area contributed by atoms with E-state index in [1.807, 2.05) is 4.90 Å². The van der Waals surface area contributed by atoms with Crippen LogP contribution >= 0.6 is 11.3 Å². The number of amides is 1. The summed E-state index contributed by atoms with van der Waals surface area (Å²) < 4.78 is 32.0. The molecular weight excluding hydrogens is 372 g/mol. The molecule has 8 heteroatoms. The van der Waals surface area contributed by atoms with Crippen molar-refractivity contribution in [1.82, 2.24) is 9.62 Å². The lowest BCUT2D eigenvalue weighted by molar-refractivity contribution is 0.0657. The molecule has 1 aliphatic heterocycles. The quantitative estimate of drug-likeness (QED) is 0.846. The normalized spacial score (nSPS) is 17.0. The molecule has 1 N–H and O–H groups in total. The van der Waals surface area contributed by atoms with Gasteiger partial charge in [-0.2, -0.15) is 0 Å². The van der Waals surface area contributed by atoms with Crippen molar-refractivity contribution >= 4 is 27.3 Å². The van der Waals surface area contributed by atoms with Gasteiger partial charge >= 0.3 is 0 Å². The molecule has 0 radical (unpaired) electrons. The molecule has 140 valence electrons. The van der Waals surface area contributed by atoms with E-state index in [1.54, 1.807) is 17.4 Å². The van der Waals surface area contributed by atoms with Gasteiger partial charge in [0.2, 0.25) is 10.0 Å². The predicted octanol–water partition coefficient (Wildman–Crippen LogP) is 2.81. The molecule has 1 aromatic carbocycles. The van der Waals surface area contributed by atoms with Crippen LogP contribution in [0.3, 0.4) is 0 Å². The van der Waals surface area contributed by atoms with Crippen LogP contribution in [0.5, 0.6) is 5.75 Å². The van der Waals surface area contributed by atoms with Gasteiger partial charge < -0.3 is 9.64 Å². The van der Waals surface area contributed by atoms with Crippen molar-refractivity contribution in [1.29, 1.82) is 0 Å². The van der Waals surface area contributed by atoms with E-state index in [0.717, 1.165) is 12.8 Å². The van der Waals surface area contributed by atoms with Crippen LogP contribution < -0.4 is 9.46 Å². The van der Waals surface area contributed by atoms with Crippen LogP contribution in [-0.4, -0.2) is 39.9 Å². The van der Waals surface area contributed by atoms with Crippen molar-refractivity contribution in [3.05, 3.63) is 45.6 Å². The second-order valence-corrected chi connectivity index (χ2v) is 8.90. The van der Waals surface area contributed by atoms with Gasteiger partial charge in [0.15, 0.2) is 0 Å². The lowest BCUT2D eigenvalue weighted by Gasteiger charge is -2.35. The molecule has 0 saturated heterocycles. The number of carbonyl (C=O) groups is 1. The minimum atomic E-state index is -3.73. The number of benzene rings is 1. The highest BCUT2D eigenvalue weighted by molar-refractivity contribution is 7.89. The van der Waals surface area contributed by atoms with E-state index in [2.05, 4.69) is 23.1 Å².